The van der Waals surface area contributed by atoms with E-state index in [2.05, 4.69) is 24.0 Å². The summed E-state index contributed by atoms with van der Waals surface area (Å²) < 4.78 is 0.287. The summed E-state index contributed by atoms with van der Waals surface area (Å²) in [5.74, 6) is -1.41. The van der Waals surface area contributed by atoms with Crippen LogP contribution in [0.3, 0.4) is 0 Å². The van der Waals surface area contributed by atoms with Gasteiger partial charge in [0, 0.05) is 11.4 Å². The summed E-state index contributed by atoms with van der Waals surface area (Å²) in [5, 5.41) is 9.98. The zero-order valence-corrected chi connectivity index (χ0v) is 16.1. The molecule has 130 valence electrons. The largest absolute Gasteiger partial charge is 0.480 e. The minimum Gasteiger partial charge on any atom is -0.480 e. The summed E-state index contributed by atoms with van der Waals surface area (Å²) in [6.07, 6.45) is 1.97. The number of carboxylic acids is 1. The first-order valence-corrected chi connectivity index (χ1v) is 9.69. The molecule has 3 rings (SSSR count). The minimum atomic E-state index is -1.08. The lowest BCUT2D eigenvalue weighted by Crippen LogP contribution is -2.33. The third-order valence-electron chi connectivity index (χ3n) is 3.79. The molecular weight excluding hydrogens is 376 g/mol. The summed E-state index contributed by atoms with van der Waals surface area (Å²) in [6.45, 7) is 4.36. The molecule has 1 fully saturated rings. The van der Waals surface area contributed by atoms with Crippen molar-refractivity contribution in [1.29, 1.82) is 0 Å². The molecule has 1 N–H and O–H groups in total. The Labute approximate surface area is 159 Å². The van der Waals surface area contributed by atoms with Gasteiger partial charge in [0.15, 0.2) is 0 Å². The van der Waals surface area contributed by atoms with E-state index in [-0.39, 0.29) is 10.2 Å². The number of amides is 1. The van der Waals surface area contributed by atoms with Crippen LogP contribution in [0.4, 0.5) is 5.69 Å². The number of anilines is 1. The van der Waals surface area contributed by atoms with Crippen molar-refractivity contribution < 1.29 is 14.7 Å². The van der Waals surface area contributed by atoms with Gasteiger partial charge < -0.3 is 10.0 Å². The summed E-state index contributed by atoms with van der Waals surface area (Å²) in [5.41, 5.74) is 1.95. The molecule has 0 radical (unpaired) electrons. The molecule has 1 amide bonds. The van der Waals surface area contributed by atoms with Crippen LogP contribution >= 0.6 is 35.7 Å². The molecule has 0 saturated carbocycles. The van der Waals surface area contributed by atoms with Gasteiger partial charge in [-0.3, -0.25) is 14.5 Å². The Hall–Kier alpha value is -1.77. The molecule has 25 heavy (non-hydrogen) atoms. The molecule has 2 aliphatic rings. The van der Waals surface area contributed by atoms with E-state index in [1.807, 2.05) is 25.1 Å². The number of thioether (sulfide) groups is 2. The number of allylic oxidation sites excluding steroid dienone is 2. The van der Waals surface area contributed by atoms with Crippen LogP contribution in [0.5, 0.6) is 0 Å². The van der Waals surface area contributed by atoms with Crippen LogP contribution in [-0.2, 0) is 9.59 Å². The number of fused-ring (bicyclic) bond motifs is 1. The number of benzene rings is 1. The smallest absolute Gasteiger partial charge is 0.323 e. The van der Waals surface area contributed by atoms with Gasteiger partial charge in [0.1, 0.15) is 10.9 Å². The molecular formula is C17H16N2O3S3. The van der Waals surface area contributed by atoms with E-state index >= 15 is 0 Å². The Bertz CT molecular complexity index is 832. The highest BCUT2D eigenvalue weighted by Crippen LogP contribution is 2.46. The molecule has 0 spiro atoms. The number of thiocarbonyl (C=S) groups is 1. The zero-order chi connectivity index (χ0) is 18.1. The highest BCUT2D eigenvalue weighted by Gasteiger charge is 2.34. The summed E-state index contributed by atoms with van der Waals surface area (Å²) >= 11 is 7.97. The predicted octanol–water partition coefficient (Wildman–Crippen LogP) is 3.68. The predicted molar refractivity (Wildman–Crippen MR) is 106 cm³/mol. The van der Waals surface area contributed by atoms with Crippen LogP contribution in [0, 0.1) is 0 Å². The molecule has 0 atom stereocenters. The molecule has 8 heteroatoms. The van der Waals surface area contributed by atoms with Gasteiger partial charge in [-0.2, -0.15) is 0 Å². The van der Waals surface area contributed by atoms with E-state index < -0.39 is 12.5 Å². The van der Waals surface area contributed by atoms with Gasteiger partial charge in [0.2, 0.25) is 0 Å². The van der Waals surface area contributed by atoms with Gasteiger partial charge in [0.05, 0.1) is 15.6 Å². The highest BCUT2D eigenvalue weighted by molar-refractivity contribution is 8.26. The molecule has 0 aromatic heterocycles. The molecule has 1 aromatic rings. The van der Waals surface area contributed by atoms with E-state index in [0.717, 1.165) is 39.5 Å². The van der Waals surface area contributed by atoms with Crippen molar-refractivity contribution in [2.45, 2.75) is 18.7 Å². The first kappa shape index (κ1) is 18.0. The monoisotopic (exact) mass is 392 g/mol. The fourth-order valence-electron chi connectivity index (χ4n) is 2.65. The molecule has 0 aliphatic carbocycles. The lowest BCUT2D eigenvalue weighted by Gasteiger charge is -2.18. The maximum absolute atomic E-state index is 12.5. The van der Waals surface area contributed by atoms with E-state index in [1.165, 1.54) is 4.90 Å². The average Bonchev–Trinajstić information content (AvgIpc) is 3.05. The topological polar surface area (TPSA) is 60.9 Å². The third kappa shape index (κ3) is 3.47. The van der Waals surface area contributed by atoms with Crippen molar-refractivity contribution in [2.24, 2.45) is 0 Å². The van der Waals surface area contributed by atoms with E-state index in [1.54, 1.807) is 11.8 Å². The van der Waals surface area contributed by atoms with Crippen LogP contribution in [0.2, 0.25) is 0 Å². The van der Waals surface area contributed by atoms with Gasteiger partial charge in [-0.05, 0) is 37.6 Å². The second-order valence-corrected chi connectivity index (χ2v) is 8.17. The zero-order valence-electron chi connectivity index (χ0n) is 13.7. The molecule has 0 unspecified atom stereocenters. The number of hydrogen-bond acceptors (Lipinski definition) is 6. The standard InChI is InChI=1S/C17H16N2O3S3/c1-3-18-11-6-4-5-7-12(11)24-13(18)8-10(2)15-16(22)19(9-14(20)21)17(23)25-15/h4-8H,3,9H2,1-2H3,(H,20,21). The van der Waals surface area contributed by atoms with Crippen molar-refractivity contribution >= 4 is 57.6 Å². The molecule has 2 aliphatic heterocycles. The molecule has 0 bridgehead atoms. The van der Waals surface area contributed by atoms with Crippen LogP contribution in [-0.4, -0.2) is 39.3 Å². The van der Waals surface area contributed by atoms with Crippen molar-refractivity contribution in [1.82, 2.24) is 4.90 Å². The lowest BCUT2D eigenvalue weighted by atomic mass is 10.2. The maximum atomic E-state index is 12.5. The second kappa shape index (κ2) is 7.23. The van der Waals surface area contributed by atoms with Crippen molar-refractivity contribution in [3.05, 3.63) is 45.8 Å². The van der Waals surface area contributed by atoms with Crippen molar-refractivity contribution in [3.63, 3.8) is 0 Å². The van der Waals surface area contributed by atoms with Crippen LogP contribution in [0.15, 0.2) is 50.7 Å². The number of carbonyl (C=O) groups excluding carboxylic acids is 1. The number of para-hydroxylation sites is 1. The third-order valence-corrected chi connectivity index (χ3v) is 6.47. The molecule has 2 heterocycles. The van der Waals surface area contributed by atoms with Gasteiger partial charge in [-0.15, -0.1) is 0 Å². The Kier molecular flexibility index (Phi) is 5.21. The van der Waals surface area contributed by atoms with Gasteiger partial charge in [-0.1, -0.05) is 47.9 Å². The normalized spacial score (nSPS) is 20.5. The Morgan fingerprint density at radius 2 is 2.00 bits per heavy atom. The van der Waals surface area contributed by atoms with Crippen LogP contribution < -0.4 is 4.90 Å². The second-order valence-electron chi connectivity index (χ2n) is 5.46. The number of nitrogens with zero attached hydrogens (tertiary/aromatic N) is 2. The molecule has 1 aromatic carbocycles. The maximum Gasteiger partial charge on any atom is 0.323 e. The number of rotatable bonds is 4. The number of hydrogen-bond donors (Lipinski definition) is 1. The molecule has 5 nitrogen and oxygen atoms in total. The van der Waals surface area contributed by atoms with Crippen LogP contribution in [0.25, 0.3) is 0 Å². The van der Waals surface area contributed by atoms with Gasteiger partial charge in [0.25, 0.3) is 5.91 Å². The van der Waals surface area contributed by atoms with Crippen molar-refractivity contribution in [3.8, 4) is 0 Å². The Morgan fingerprint density at radius 3 is 2.68 bits per heavy atom. The lowest BCUT2D eigenvalue weighted by molar-refractivity contribution is -0.140. The van der Waals surface area contributed by atoms with Gasteiger partial charge >= 0.3 is 5.97 Å². The minimum absolute atomic E-state index is 0.287. The number of aliphatic carboxylic acids is 1. The van der Waals surface area contributed by atoms with E-state index in [4.69, 9.17) is 17.3 Å². The quantitative estimate of drug-likeness (QED) is 0.619. The van der Waals surface area contributed by atoms with Crippen LogP contribution in [0.1, 0.15) is 13.8 Å². The summed E-state index contributed by atoms with van der Waals surface area (Å²) in [4.78, 5) is 28.4. The fraction of sp³-hybridized carbons (Fsp3) is 0.235. The first-order valence-electron chi connectivity index (χ1n) is 7.64. The Morgan fingerprint density at radius 1 is 1.28 bits per heavy atom. The fourth-order valence-corrected chi connectivity index (χ4v) is 5.12. The molecule has 1 saturated heterocycles. The van der Waals surface area contributed by atoms with E-state index in [0.29, 0.717) is 4.91 Å². The van der Waals surface area contributed by atoms with Crippen molar-refractivity contribution in [2.75, 3.05) is 18.0 Å². The SMILES string of the molecule is CCN1C(=CC(C)=C2SC(=S)N(CC(=O)O)C2=O)Sc2ccccc21. The summed E-state index contributed by atoms with van der Waals surface area (Å²) in [7, 11) is 0. The average molecular weight is 393 g/mol. The summed E-state index contributed by atoms with van der Waals surface area (Å²) in [6, 6.07) is 8.17. The number of carboxylic acid groups (broad SMARTS) is 1. The Balaban J connectivity index is 1.91. The number of carbonyl (C=O) groups is 2. The first-order chi connectivity index (χ1) is 11.9. The van der Waals surface area contributed by atoms with E-state index in [9.17, 15) is 9.59 Å². The highest BCUT2D eigenvalue weighted by atomic mass is 32.2. The van der Waals surface area contributed by atoms with Gasteiger partial charge in [-0.25, -0.2) is 0 Å².